The van der Waals surface area contributed by atoms with Gasteiger partial charge in [0.1, 0.15) is 0 Å². The standard InChI is InChI=1S/C15H10Cl2O2/c1-9-6-7-10(15(17)19)12(8-9)14(18)11-4-2-3-5-13(11)16/h2-8H,1H3. The van der Waals surface area contributed by atoms with Crippen LogP contribution >= 0.6 is 23.2 Å². The summed E-state index contributed by atoms with van der Waals surface area (Å²) < 4.78 is 0. The summed E-state index contributed by atoms with van der Waals surface area (Å²) >= 11 is 11.5. The topological polar surface area (TPSA) is 34.1 Å². The summed E-state index contributed by atoms with van der Waals surface area (Å²) in [7, 11) is 0. The van der Waals surface area contributed by atoms with Crippen molar-refractivity contribution in [1.29, 1.82) is 0 Å². The Kier molecular flexibility index (Phi) is 4.03. The van der Waals surface area contributed by atoms with E-state index < -0.39 is 5.24 Å². The van der Waals surface area contributed by atoms with Crippen LogP contribution in [-0.2, 0) is 0 Å². The first-order chi connectivity index (χ1) is 9.00. The number of aryl methyl sites for hydroxylation is 1. The molecule has 96 valence electrons. The lowest BCUT2D eigenvalue weighted by atomic mass is 9.97. The summed E-state index contributed by atoms with van der Waals surface area (Å²) in [5.74, 6) is -0.307. The monoisotopic (exact) mass is 292 g/mol. The van der Waals surface area contributed by atoms with Crippen molar-refractivity contribution in [3.8, 4) is 0 Å². The number of ketones is 1. The minimum atomic E-state index is -0.657. The van der Waals surface area contributed by atoms with Gasteiger partial charge in [0.2, 0.25) is 0 Å². The second-order valence-electron chi connectivity index (χ2n) is 4.13. The second kappa shape index (κ2) is 5.55. The van der Waals surface area contributed by atoms with E-state index in [1.807, 2.05) is 6.92 Å². The zero-order chi connectivity index (χ0) is 14.0. The molecular weight excluding hydrogens is 283 g/mol. The molecule has 0 aliphatic heterocycles. The van der Waals surface area contributed by atoms with Crippen LogP contribution < -0.4 is 0 Å². The molecule has 2 aromatic rings. The second-order valence-corrected chi connectivity index (χ2v) is 4.88. The molecule has 0 heterocycles. The Balaban J connectivity index is 2.59. The molecule has 4 heteroatoms. The smallest absolute Gasteiger partial charge is 0.253 e. The summed E-state index contributed by atoms with van der Waals surface area (Å²) in [6.07, 6.45) is 0. The fourth-order valence-electron chi connectivity index (χ4n) is 1.81. The zero-order valence-electron chi connectivity index (χ0n) is 10.1. The zero-order valence-corrected chi connectivity index (χ0v) is 11.6. The summed E-state index contributed by atoms with van der Waals surface area (Å²) in [6.45, 7) is 1.84. The molecular formula is C15H10Cl2O2. The molecule has 0 aromatic heterocycles. The Bertz CT molecular complexity index is 663. The van der Waals surface area contributed by atoms with Gasteiger partial charge in [-0.05, 0) is 42.8 Å². The van der Waals surface area contributed by atoms with E-state index in [1.54, 1.807) is 42.5 Å². The van der Waals surface area contributed by atoms with Gasteiger partial charge in [-0.2, -0.15) is 0 Å². The van der Waals surface area contributed by atoms with Crippen LogP contribution in [0.4, 0.5) is 0 Å². The number of rotatable bonds is 3. The van der Waals surface area contributed by atoms with Gasteiger partial charge >= 0.3 is 0 Å². The summed E-state index contributed by atoms with van der Waals surface area (Å²) in [4.78, 5) is 23.8. The van der Waals surface area contributed by atoms with Crippen LogP contribution in [0.2, 0.25) is 5.02 Å². The molecule has 0 saturated carbocycles. The van der Waals surface area contributed by atoms with Crippen LogP contribution in [0.25, 0.3) is 0 Å². The van der Waals surface area contributed by atoms with Gasteiger partial charge in [-0.3, -0.25) is 9.59 Å². The summed E-state index contributed by atoms with van der Waals surface area (Å²) in [6, 6.07) is 11.6. The van der Waals surface area contributed by atoms with Crippen molar-refractivity contribution in [3.05, 3.63) is 69.7 Å². The molecule has 0 aliphatic rings. The minimum Gasteiger partial charge on any atom is -0.289 e. The Morgan fingerprint density at radius 2 is 1.63 bits per heavy atom. The van der Waals surface area contributed by atoms with Crippen LogP contribution in [0.1, 0.15) is 31.8 Å². The average Bonchev–Trinajstić information content (AvgIpc) is 2.38. The van der Waals surface area contributed by atoms with Crippen molar-refractivity contribution in [1.82, 2.24) is 0 Å². The minimum absolute atomic E-state index is 0.192. The Morgan fingerprint density at radius 1 is 0.947 bits per heavy atom. The van der Waals surface area contributed by atoms with Crippen LogP contribution in [-0.4, -0.2) is 11.0 Å². The molecule has 0 amide bonds. The number of benzene rings is 2. The van der Waals surface area contributed by atoms with E-state index in [9.17, 15) is 9.59 Å². The largest absolute Gasteiger partial charge is 0.289 e. The van der Waals surface area contributed by atoms with Crippen molar-refractivity contribution < 1.29 is 9.59 Å². The van der Waals surface area contributed by atoms with Gasteiger partial charge in [-0.15, -0.1) is 0 Å². The lowest BCUT2D eigenvalue weighted by molar-refractivity contribution is 0.102. The molecule has 2 aromatic carbocycles. The highest BCUT2D eigenvalue weighted by Gasteiger charge is 2.19. The van der Waals surface area contributed by atoms with E-state index in [2.05, 4.69) is 0 Å². The van der Waals surface area contributed by atoms with Gasteiger partial charge < -0.3 is 0 Å². The van der Waals surface area contributed by atoms with E-state index >= 15 is 0 Å². The maximum Gasteiger partial charge on any atom is 0.253 e. The quantitative estimate of drug-likeness (QED) is 0.626. The van der Waals surface area contributed by atoms with E-state index in [1.165, 1.54) is 0 Å². The van der Waals surface area contributed by atoms with E-state index in [0.717, 1.165) is 5.56 Å². The highest BCUT2D eigenvalue weighted by molar-refractivity contribution is 6.68. The number of halogens is 2. The molecule has 19 heavy (non-hydrogen) atoms. The van der Waals surface area contributed by atoms with Crippen molar-refractivity contribution in [2.24, 2.45) is 0 Å². The highest BCUT2D eigenvalue weighted by atomic mass is 35.5. The molecule has 0 radical (unpaired) electrons. The lowest BCUT2D eigenvalue weighted by Gasteiger charge is -2.08. The van der Waals surface area contributed by atoms with Crippen molar-refractivity contribution in [2.75, 3.05) is 0 Å². The van der Waals surface area contributed by atoms with E-state index in [4.69, 9.17) is 23.2 Å². The SMILES string of the molecule is Cc1ccc(C(=O)Cl)c(C(=O)c2ccccc2Cl)c1. The fraction of sp³-hybridized carbons (Fsp3) is 0.0667. The predicted molar refractivity (Wildman–Crippen MR) is 76.2 cm³/mol. The normalized spacial score (nSPS) is 10.3. The summed E-state index contributed by atoms with van der Waals surface area (Å²) in [5.41, 5.74) is 1.69. The van der Waals surface area contributed by atoms with Gasteiger partial charge in [0.25, 0.3) is 5.24 Å². The van der Waals surface area contributed by atoms with E-state index in [0.29, 0.717) is 10.6 Å². The highest BCUT2D eigenvalue weighted by Crippen LogP contribution is 2.23. The number of carbonyl (C=O) groups excluding carboxylic acids is 2. The van der Waals surface area contributed by atoms with Gasteiger partial charge in [0, 0.05) is 16.7 Å². The van der Waals surface area contributed by atoms with Crippen LogP contribution in [0.15, 0.2) is 42.5 Å². The first-order valence-electron chi connectivity index (χ1n) is 5.60. The maximum atomic E-state index is 12.4. The van der Waals surface area contributed by atoms with Crippen molar-refractivity contribution >= 4 is 34.2 Å². The molecule has 0 N–H and O–H groups in total. The van der Waals surface area contributed by atoms with Gasteiger partial charge in [0.05, 0.1) is 5.02 Å². The lowest BCUT2D eigenvalue weighted by Crippen LogP contribution is -2.08. The first kappa shape index (κ1) is 13.8. The molecule has 0 fully saturated rings. The van der Waals surface area contributed by atoms with Gasteiger partial charge in [0.15, 0.2) is 5.78 Å². The Morgan fingerprint density at radius 3 is 2.26 bits per heavy atom. The van der Waals surface area contributed by atoms with E-state index in [-0.39, 0.29) is 16.9 Å². The first-order valence-corrected chi connectivity index (χ1v) is 6.36. The number of carbonyl (C=O) groups is 2. The van der Waals surface area contributed by atoms with Crippen LogP contribution in [0.5, 0.6) is 0 Å². The van der Waals surface area contributed by atoms with Gasteiger partial charge in [-0.25, -0.2) is 0 Å². The summed E-state index contributed by atoms with van der Waals surface area (Å²) in [5, 5.41) is -0.308. The molecule has 0 bridgehead atoms. The molecule has 0 aliphatic carbocycles. The molecule has 2 rings (SSSR count). The molecule has 0 saturated heterocycles. The third kappa shape index (κ3) is 2.86. The predicted octanol–water partition coefficient (Wildman–Crippen LogP) is 4.26. The molecule has 0 spiro atoms. The molecule has 0 atom stereocenters. The third-order valence-corrected chi connectivity index (χ3v) is 3.28. The number of hydrogen-bond donors (Lipinski definition) is 0. The van der Waals surface area contributed by atoms with Gasteiger partial charge in [-0.1, -0.05) is 35.4 Å². The fourth-order valence-corrected chi connectivity index (χ4v) is 2.19. The Labute approximate surface area is 121 Å². The van der Waals surface area contributed by atoms with Crippen molar-refractivity contribution in [3.63, 3.8) is 0 Å². The number of hydrogen-bond acceptors (Lipinski definition) is 2. The Hall–Kier alpha value is -1.64. The van der Waals surface area contributed by atoms with Crippen molar-refractivity contribution in [2.45, 2.75) is 6.92 Å². The third-order valence-electron chi connectivity index (χ3n) is 2.75. The molecule has 0 unspecified atom stereocenters. The molecule has 2 nitrogen and oxygen atoms in total. The average molecular weight is 293 g/mol. The van der Waals surface area contributed by atoms with Crippen LogP contribution in [0.3, 0.4) is 0 Å². The van der Waals surface area contributed by atoms with Crippen LogP contribution in [0, 0.1) is 6.92 Å². The maximum absolute atomic E-state index is 12.4.